The van der Waals surface area contributed by atoms with Gasteiger partial charge < -0.3 is 14.6 Å². The zero-order chi connectivity index (χ0) is 24.1. The molecular weight excluding hydrogens is 445 g/mol. The second-order valence-corrected chi connectivity index (χ2v) is 10.1. The molecule has 0 radical (unpaired) electrons. The van der Waals surface area contributed by atoms with Crippen LogP contribution in [0.25, 0.3) is 27.8 Å². The lowest BCUT2D eigenvalue weighted by atomic mass is 9.96. The number of anilines is 1. The van der Waals surface area contributed by atoms with Gasteiger partial charge in [0, 0.05) is 49.4 Å². The maximum atomic E-state index is 16.2. The molecule has 0 spiro atoms. The average Bonchev–Trinajstić information content (AvgIpc) is 3.51. The van der Waals surface area contributed by atoms with Crippen LogP contribution in [0.15, 0.2) is 24.8 Å². The molecular formula is C26H32FN7O. The Bertz CT molecular complexity index is 1360. The lowest BCUT2D eigenvalue weighted by molar-refractivity contribution is 0.0114. The Morgan fingerprint density at radius 1 is 1.11 bits per heavy atom. The van der Waals surface area contributed by atoms with E-state index in [0.29, 0.717) is 17.2 Å². The predicted molar refractivity (Wildman–Crippen MR) is 134 cm³/mol. The Morgan fingerprint density at radius 2 is 1.89 bits per heavy atom. The summed E-state index contributed by atoms with van der Waals surface area (Å²) in [5, 5.41) is 4.96. The molecule has 9 heteroatoms. The number of nitrogens with zero attached hydrogens (tertiary/aromatic N) is 6. The van der Waals surface area contributed by atoms with Crippen LogP contribution >= 0.6 is 0 Å². The molecule has 35 heavy (non-hydrogen) atoms. The van der Waals surface area contributed by atoms with Crippen LogP contribution in [0.4, 0.5) is 10.2 Å². The fourth-order valence-corrected chi connectivity index (χ4v) is 5.80. The van der Waals surface area contributed by atoms with Gasteiger partial charge in [0.1, 0.15) is 6.33 Å². The minimum atomic E-state index is -0.225. The number of ether oxygens (including phenoxy) is 1. The third kappa shape index (κ3) is 3.87. The zero-order valence-electron chi connectivity index (χ0n) is 20.6. The minimum absolute atomic E-state index is 0.127. The Kier molecular flexibility index (Phi) is 5.69. The SMILES string of the molecule is Cc1cc(-c2[nH]c3cnc(N4CCC(N5CCOCC5)CC4)c(F)c3c2C(C)C)cn2ncnc12. The second kappa shape index (κ2) is 8.87. The third-order valence-electron chi connectivity index (χ3n) is 7.55. The Balaban J connectivity index is 1.36. The molecule has 2 fully saturated rings. The first-order chi connectivity index (χ1) is 17.0. The summed E-state index contributed by atoms with van der Waals surface area (Å²) in [5.41, 5.74) is 5.43. The van der Waals surface area contributed by atoms with Crippen LogP contribution in [0.2, 0.25) is 0 Å². The maximum absolute atomic E-state index is 16.2. The van der Waals surface area contributed by atoms with E-state index in [1.807, 2.05) is 13.1 Å². The van der Waals surface area contributed by atoms with E-state index in [-0.39, 0.29) is 11.7 Å². The maximum Gasteiger partial charge on any atom is 0.175 e. The lowest BCUT2D eigenvalue weighted by Gasteiger charge is -2.40. The molecule has 2 aliphatic heterocycles. The van der Waals surface area contributed by atoms with E-state index in [1.54, 1.807) is 17.0 Å². The van der Waals surface area contributed by atoms with Gasteiger partial charge in [-0.05, 0) is 42.9 Å². The number of hydrogen-bond acceptors (Lipinski definition) is 6. The van der Waals surface area contributed by atoms with Crippen molar-refractivity contribution >= 4 is 22.4 Å². The average molecular weight is 478 g/mol. The first kappa shape index (κ1) is 22.4. The van der Waals surface area contributed by atoms with Crippen LogP contribution in [0, 0.1) is 12.7 Å². The number of pyridine rings is 2. The highest BCUT2D eigenvalue weighted by Crippen LogP contribution is 2.39. The van der Waals surface area contributed by atoms with Crippen molar-refractivity contribution < 1.29 is 9.13 Å². The fraction of sp³-hybridized carbons (Fsp3) is 0.500. The van der Waals surface area contributed by atoms with Gasteiger partial charge in [0.05, 0.1) is 30.6 Å². The number of halogens is 1. The minimum Gasteiger partial charge on any atom is -0.379 e. The molecule has 1 N–H and O–H groups in total. The van der Waals surface area contributed by atoms with Gasteiger partial charge in [-0.1, -0.05) is 13.8 Å². The molecule has 184 valence electrons. The normalized spacial score (nSPS) is 18.4. The molecule has 4 aromatic heterocycles. The van der Waals surface area contributed by atoms with Gasteiger partial charge in [-0.2, -0.15) is 5.10 Å². The smallest absolute Gasteiger partial charge is 0.175 e. The van der Waals surface area contributed by atoms with E-state index in [9.17, 15) is 0 Å². The van der Waals surface area contributed by atoms with Crippen LogP contribution in [0.1, 0.15) is 43.7 Å². The monoisotopic (exact) mass is 477 g/mol. The van der Waals surface area contributed by atoms with Gasteiger partial charge in [-0.3, -0.25) is 4.90 Å². The van der Waals surface area contributed by atoms with Crippen molar-refractivity contribution in [3.05, 3.63) is 41.7 Å². The largest absolute Gasteiger partial charge is 0.379 e. The number of H-pyrrole nitrogens is 1. The van der Waals surface area contributed by atoms with Crippen LogP contribution < -0.4 is 4.90 Å². The van der Waals surface area contributed by atoms with Gasteiger partial charge in [0.2, 0.25) is 0 Å². The van der Waals surface area contributed by atoms with E-state index in [2.05, 4.69) is 49.8 Å². The number of fused-ring (bicyclic) bond motifs is 2. The topological polar surface area (TPSA) is 74.6 Å². The molecule has 4 aromatic rings. The summed E-state index contributed by atoms with van der Waals surface area (Å²) in [6, 6.07) is 2.63. The van der Waals surface area contributed by atoms with E-state index < -0.39 is 0 Å². The number of hydrogen-bond donors (Lipinski definition) is 1. The van der Waals surface area contributed by atoms with Crippen molar-refractivity contribution in [1.29, 1.82) is 0 Å². The highest BCUT2D eigenvalue weighted by Gasteiger charge is 2.29. The molecule has 0 amide bonds. The molecule has 0 aromatic carbocycles. The summed E-state index contributed by atoms with van der Waals surface area (Å²) in [6.07, 6.45) is 7.34. The number of piperidine rings is 1. The Labute approximate surface area is 204 Å². The number of aromatic nitrogens is 5. The van der Waals surface area contributed by atoms with Crippen LogP contribution in [0.3, 0.4) is 0 Å². The first-order valence-electron chi connectivity index (χ1n) is 12.6. The van der Waals surface area contributed by atoms with Crippen LogP contribution in [-0.2, 0) is 4.74 Å². The molecule has 6 heterocycles. The lowest BCUT2D eigenvalue weighted by Crippen LogP contribution is -2.49. The van der Waals surface area contributed by atoms with E-state index in [4.69, 9.17) is 4.74 Å². The quantitative estimate of drug-likeness (QED) is 0.476. The highest BCUT2D eigenvalue weighted by molar-refractivity contribution is 5.93. The summed E-state index contributed by atoms with van der Waals surface area (Å²) in [6.45, 7) is 11.5. The van der Waals surface area contributed by atoms with E-state index >= 15 is 4.39 Å². The van der Waals surface area contributed by atoms with Crippen molar-refractivity contribution in [1.82, 2.24) is 29.5 Å². The molecule has 8 nitrogen and oxygen atoms in total. The Morgan fingerprint density at radius 3 is 2.63 bits per heavy atom. The zero-order valence-corrected chi connectivity index (χ0v) is 20.6. The molecule has 2 saturated heterocycles. The Hall–Kier alpha value is -3.04. The van der Waals surface area contributed by atoms with Crippen molar-refractivity contribution in [3.8, 4) is 11.3 Å². The summed E-state index contributed by atoms with van der Waals surface area (Å²) in [5.74, 6) is 0.368. The predicted octanol–water partition coefficient (Wildman–Crippen LogP) is 4.14. The molecule has 0 atom stereocenters. The highest BCUT2D eigenvalue weighted by atomic mass is 19.1. The summed E-state index contributed by atoms with van der Waals surface area (Å²) in [4.78, 5) is 17.0. The summed E-state index contributed by atoms with van der Waals surface area (Å²) < 4.78 is 23.4. The van der Waals surface area contributed by atoms with Crippen molar-refractivity contribution in [3.63, 3.8) is 0 Å². The second-order valence-electron chi connectivity index (χ2n) is 10.1. The molecule has 0 aliphatic carbocycles. The number of rotatable bonds is 4. The first-order valence-corrected chi connectivity index (χ1v) is 12.6. The number of morpholine rings is 1. The molecule has 0 bridgehead atoms. The van der Waals surface area contributed by atoms with Gasteiger partial charge in [-0.15, -0.1) is 0 Å². The van der Waals surface area contributed by atoms with Gasteiger partial charge in [0.15, 0.2) is 17.3 Å². The molecule has 6 rings (SSSR count). The van der Waals surface area contributed by atoms with Crippen LogP contribution in [-0.4, -0.2) is 74.9 Å². The number of aromatic amines is 1. The molecule has 0 saturated carbocycles. The number of nitrogens with one attached hydrogen (secondary N) is 1. The van der Waals surface area contributed by atoms with E-state index in [0.717, 1.165) is 85.8 Å². The molecule has 2 aliphatic rings. The fourth-order valence-electron chi connectivity index (χ4n) is 5.80. The van der Waals surface area contributed by atoms with Gasteiger partial charge >= 0.3 is 0 Å². The van der Waals surface area contributed by atoms with E-state index in [1.165, 1.54) is 0 Å². The third-order valence-corrected chi connectivity index (χ3v) is 7.55. The van der Waals surface area contributed by atoms with Gasteiger partial charge in [-0.25, -0.2) is 18.9 Å². The van der Waals surface area contributed by atoms with Crippen molar-refractivity contribution in [2.24, 2.45) is 0 Å². The molecule has 0 unspecified atom stereocenters. The standard InChI is InChI=1S/C26H32FN7O/c1-16(2)21-22-20(31-24(21)18-12-17(3)25-29-15-30-34(25)14-18)13-28-26(23(22)27)33-6-4-19(5-7-33)32-8-10-35-11-9-32/h12-16,19,31H,4-11H2,1-3H3. The van der Waals surface area contributed by atoms with Crippen LogP contribution in [0.5, 0.6) is 0 Å². The van der Waals surface area contributed by atoms with Crippen molar-refractivity contribution in [2.45, 2.75) is 45.6 Å². The van der Waals surface area contributed by atoms with Crippen molar-refractivity contribution in [2.75, 3.05) is 44.3 Å². The van der Waals surface area contributed by atoms with Gasteiger partial charge in [0.25, 0.3) is 0 Å². The number of aryl methyl sites for hydroxylation is 1. The summed E-state index contributed by atoms with van der Waals surface area (Å²) in [7, 11) is 0. The summed E-state index contributed by atoms with van der Waals surface area (Å²) >= 11 is 0.